The summed E-state index contributed by atoms with van der Waals surface area (Å²) in [5.74, 6) is -1.01. The first-order valence-corrected chi connectivity index (χ1v) is 11.7. The molecule has 4 amide bonds. The molecule has 0 radical (unpaired) electrons. The average Bonchev–Trinajstić information content (AvgIpc) is 3.02. The molecule has 0 saturated carbocycles. The number of amides is 4. The zero-order valence-electron chi connectivity index (χ0n) is 19.9. The number of hydrogen-bond donors (Lipinski definition) is 2. The van der Waals surface area contributed by atoms with Crippen molar-refractivity contribution >= 4 is 36.2 Å². The van der Waals surface area contributed by atoms with Gasteiger partial charge in [-0.2, -0.15) is 13.2 Å². The number of halogens is 3. The molecule has 0 unspecified atom stereocenters. The molecular weight excluding hydrogens is 505 g/mol. The van der Waals surface area contributed by atoms with Gasteiger partial charge in [0.1, 0.15) is 11.2 Å². The number of benzene rings is 2. The molecule has 4 rings (SSSR count). The Morgan fingerprint density at radius 1 is 1.03 bits per heavy atom. The van der Waals surface area contributed by atoms with E-state index in [4.69, 9.17) is 0 Å². The van der Waals surface area contributed by atoms with E-state index in [1.807, 2.05) is 30.3 Å². The van der Waals surface area contributed by atoms with Gasteiger partial charge in [-0.15, -0.1) is 12.6 Å². The van der Waals surface area contributed by atoms with Gasteiger partial charge in [-0.3, -0.25) is 14.6 Å². The van der Waals surface area contributed by atoms with E-state index in [0.717, 1.165) is 28.7 Å². The SMILES string of the molecule is CC1(C)C(=O)N(c2ccc(C(F)(F)F)cc2S)C(=O)N1Cc1ccnc(C(=O)NCc2ccccc2)c1. The minimum absolute atomic E-state index is 0.0297. The molecule has 1 aliphatic rings. The first-order valence-electron chi connectivity index (χ1n) is 11.2. The maximum absolute atomic E-state index is 13.3. The number of urea groups is 1. The first kappa shape index (κ1) is 26.2. The highest BCUT2D eigenvalue weighted by atomic mass is 32.1. The van der Waals surface area contributed by atoms with Crippen molar-refractivity contribution in [2.45, 2.75) is 43.5 Å². The van der Waals surface area contributed by atoms with Crippen LogP contribution in [0.4, 0.5) is 23.7 Å². The van der Waals surface area contributed by atoms with Crippen LogP contribution < -0.4 is 10.2 Å². The highest BCUT2D eigenvalue weighted by molar-refractivity contribution is 7.80. The molecule has 2 aromatic carbocycles. The van der Waals surface area contributed by atoms with E-state index < -0.39 is 35.1 Å². The quantitative estimate of drug-likeness (QED) is 0.346. The lowest BCUT2D eigenvalue weighted by molar-refractivity contribution is -0.137. The Kier molecular flexibility index (Phi) is 7.00. The van der Waals surface area contributed by atoms with E-state index >= 15 is 0 Å². The number of nitrogens with one attached hydrogen (secondary N) is 1. The lowest BCUT2D eigenvalue weighted by Crippen LogP contribution is -2.43. The van der Waals surface area contributed by atoms with Crippen molar-refractivity contribution in [1.29, 1.82) is 0 Å². The fourth-order valence-corrected chi connectivity index (χ4v) is 4.26. The third kappa shape index (κ3) is 5.31. The van der Waals surface area contributed by atoms with Gasteiger partial charge in [0.05, 0.1) is 11.3 Å². The van der Waals surface area contributed by atoms with Gasteiger partial charge in [-0.25, -0.2) is 9.69 Å². The summed E-state index contributed by atoms with van der Waals surface area (Å²) in [4.78, 5) is 45.2. The summed E-state index contributed by atoms with van der Waals surface area (Å²) in [6.07, 6.45) is -3.16. The molecule has 1 aliphatic heterocycles. The van der Waals surface area contributed by atoms with Crippen LogP contribution in [0, 0.1) is 0 Å². The highest BCUT2D eigenvalue weighted by Crippen LogP contribution is 2.39. The standard InChI is InChI=1S/C26H23F3N4O3S/c1-25(2)23(35)33(20-9-8-18(13-21(20)37)26(27,28)29)24(36)32(25)15-17-10-11-30-19(12-17)22(34)31-14-16-6-4-3-5-7-16/h3-13,37H,14-15H2,1-2H3,(H,31,34). The summed E-state index contributed by atoms with van der Waals surface area (Å²) < 4.78 is 39.2. The van der Waals surface area contributed by atoms with Crippen LogP contribution in [0.25, 0.3) is 0 Å². The molecule has 11 heteroatoms. The van der Waals surface area contributed by atoms with Gasteiger partial charge in [0.15, 0.2) is 0 Å². The molecule has 7 nitrogen and oxygen atoms in total. The summed E-state index contributed by atoms with van der Waals surface area (Å²) in [5.41, 5.74) is -0.680. The zero-order valence-corrected chi connectivity index (χ0v) is 20.8. The van der Waals surface area contributed by atoms with Crippen LogP contribution in [0.15, 0.2) is 71.8 Å². The monoisotopic (exact) mass is 528 g/mol. The molecule has 2 heterocycles. The van der Waals surface area contributed by atoms with Crippen molar-refractivity contribution in [1.82, 2.24) is 15.2 Å². The van der Waals surface area contributed by atoms with Gasteiger partial charge in [-0.05, 0) is 55.3 Å². The molecule has 1 fully saturated rings. The Balaban J connectivity index is 1.54. The molecule has 0 atom stereocenters. The van der Waals surface area contributed by atoms with Crippen molar-refractivity contribution in [3.05, 3.63) is 89.2 Å². The fraction of sp³-hybridized carbons (Fsp3) is 0.231. The van der Waals surface area contributed by atoms with Gasteiger partial charge in [0.25, 0.3) is 11.8 Å². The van der Waals surface area contributed by atoms with Gasteiger partial charge >= 0.3 is 12.2 Å². The number of imide groups is 1. The van der Waals surface area contributed by atoms with E-state index in [9.17, 15) is 27.6 Å². The normalized spacial score (nSPS) is 15.3. The summed E-state index contributed by atoms with van der Waals surface area (Å²) in [6.45, 7) is 3.37. The molecule has 192 valence electrons. The number of hydrogen-bond acceptors (Lipinski definition) is 5. The van der Waals surface area contributed by atoms with Crippen LogP contribution in [0.5, 0.6) is 0 Å². The molecule has 1 saturated heterocycles. The highest BCUT2D eigenvalue weighted by Gasteiger charge is 2.52. The number of rotatable bonds is 6. The summed E-state index contributed by atoms with van der Waals surface area (Å²) in [7, 11) is 0. The van der Waals surface area contributed by atoms with E-state index in [2.05, 4.69) is 22.9 Å². The van der Waals surface area contributed by atoms with Crippen LogP contribution in [0.1, 0.15) is 41.0 Å². The number of thiol groups is 1. The lowest BCUT2D eigenvalue weighted by Gasteiger charge is -2.27. The number of carbonyl (C=O) groups excluding carboxylic acids is 3. The number of carbonyl (C=O) groups is 3. The number of nitrogens with zero attached hydrogens (tertiary/aromatic N) is 3. The van der Waals surface area contributed by atoms with Crippen LogP contribution in [-0.4, -0.2) is 33.3 Å². The van der Waals surface area contributed by atoms with Gasteiger partial charge in [-0.1, -0.05) is 30.3 Å². The summed E-state index contributed by atoms with van der Waals surface area (Å²) in [6, 6.07) is 14.4. The largest absolute Gasteiger partial charge is 0.416 e. The van der Waals surface area contributed by atoms with Gasteiger partial charge < -0.3 is 10.2 Å². The maximum atomic E-state index is 13.3. The Labute approximate surface area is 216 Å². The van der Waals surface area contributed by atoms with E-state index in [1.54, 1.807) is 19.9 Å². The van der Waals surface area contributed by atoms with Crippen molar-refractivity contribution in [3.63, 3.8) is 0 Å². The lowest BCUT2D eigenvalue weighted by atomic mass is 10.0. The summed E-state index contributed by atoms with van der Waals surface area (Å²) in [5, 5.41) is 2.79. The van der Waals surface area contributed by atoms with Crippen molar-refractivity contribution in [2.75, 3.05) is 4.90 Å². The number of alkyl halides is 3. The molecule has 3 aromatic rings. The Hall–Kier alpha value is -3.86. The van der Waals surface area contributed by atoms with E-state index in [0.29, 0.717) is 12.1 Å². The molecule has 0 spiro atoms. The molecule has 1 aromatic heterocycles. The minimum atomic E-state index is -4.59. The fourth-order valence-electron chi connectivity index (χ4n) is 3.95. The molecule has 0 aliphatic carbocycles. The predicted molar refractivity (Wildman–Crippen MR) is 133 cm³/mol. The molecule has 1 N–H and O–H groups in total. The van der Waals surface area contributed by atoms with E-state index in [-0.39, 0.29) is 22.8 Å². The van der Waals surface area contributed by atoms with Crippen LogP contribution in [0.3, 0.4) is 0 Å². The second kappa shape index (κ2) is 9.89. The number of aromatic nitrogens is 1. The molecular formula is C26H23F3N4O3S. The van der Waals surface area contributed by atoms with Crippen molar-refractivity contribution in [3.8, 4) is 0 Å². The topological polar surface area (TPSA) is 82.6 Å². The Bertz CT molecular complexity index is 1360. The average molecular weight is 529 g/mol. The molecule has 0 bridgehead atoms. The third-order valence-corrected chi connectivity index (χ3v) is 6.42. The minimum Gasteiger partial charge on any atom is -0.347 e. The second-order valence-corrected chi connectivity index (χ2v) is 9.47. The van der Waals surface area contributed by atoms with Crippen molar-refractivity contribution in [2.24, 2.45) is 0 Å². The molecule has 37 heavy (non-hydrogen) atoms. The number of anilines is 1. The van der Waals surface area contributed by atoms with Crippen LogP contribution in [-0.2, 0) is 24.1 Å². The predicted octanol–water partition coefficient (Wildman–Crippen LogP) is 5.07. The van der Waals surface area contributed by atoms with E-state index in [1.165, 1.54) is 17.2 Å². The van der Waals surface area contributed by atoms with Gasteiger partial charge in [0, 0.05) is 24.2 Å². The van der Waals surface area contributed by atoms with Gasteiger partial charge in [0.2, 0.25) is 0 Å². The van der Waals surface area contributed by atoms with Crippen LogP contribution >= 0.6 is 12.6 Å². The maximum Gasteiger partial charge on any atom is 0.416 e. The second-order valence-electron chi connectivity index (χ2n) is 8.99. The third-order valence-electron chi connectivity index (χ3n) is 6.06. The van der Waals surface area contributed by atoms with Crippen LogP contribution in [0.2, 0.25) is 0 Å². The Morgan fingerprint density at radius 3 is 2.38 bits per heavy atom. The Morgan fingerprint density at radius 2 is 1.73 bits per heavy atom. The first-order chi connectivity index (χ1) is 17.4. The van der Waals surface area contributed by atoms with Crippen molar-refractivity contribution < 1.29 is 27.6 Å². The smallest absolute Gasteiger partial charge is 0.347 e. The summed E-state index contributed by atoms with van der Waals surface area (Å²) >= 11 is 4.11. The zero-order chi connectivity index (χ0) is 27.0. The number of pyridine rings is 1.